The summed E-state index contributed by atoms with van der Waals surface area (Å²) in [6, 6.07) is 19.3. The second-order valence-electron chi connectivity index (χ2n) is 8.05. The Morgan fingerprint density at radius 3 is 2.62 bits per heavy atom. The molecule has 0 aliphatic rings. The molecule has 4 heterocycles. The number of benzene rings is 3. The first-order valence-corrected chi connectivity index (χ1v) is 11.3. The zero-order valence-electron chi connectivity index (χ0n) is 17.5. The van der Waals surface area contributed by atoms with Crippen LogP contribution in [0.4, 0.5) is 0 Å². The van der Waals surface area contributed by atoms with Gasteiger partial charge in [0.25, 0.3) is 0 Å². The van der Waals surface area contributed by atoms with Gasteiger partial charge in [-0.15, -0.1) is 0 Å². The highest BCUT2D eigenvalue weighted by atomic mass is 32.1. The Hall–Kier alpha value is -4.63. The number of aromatic nitrogens is 6. The van der Waals surface area contributed by atoms with E-state index in [4.69, 9.17) is 0 Å². The zero-order valence-corrected chi connectivity index (χ0v) is 18.3. The van der Waals surface area contributed by atoms with Gasteiger partial charge in [-0.1, -0.05) is 24.3 Å². The van der Waals surface area contributed by atoms with Crippen LogP contribution in [-0.4, -0.2) is 38.5 Å². The second kappa shape index (κ2) is 6.93. The van der Waals surface area contributed by atoms with E-state index in [1.807, 2.05) is 66.9 Å². The van der Waals surface area contributed by atoms with Gasteiger partial charge in [0.2, 0.25) is 5.88 Å². The molecule has 0 fully saturated rings. The topological polar surface area (TPSA) is 116 Å². The van der Waals surface area contributed by atoms with Gasteiger partial charge >= 0.3 is 0 Å². The van der Waals surface area contributed by atoms with Crippen molar-refractivity contribution >= 4 is 44.7 Å². The molecule has 0 atom stereocenters. The number of H-pyrrole nitrogens is 2. The Kier molecular flexibility index (Phi) is 3.85. The molecule has 0 unspecified atom stereocenters. The average Bonchev–Trinajstić information content (AvgIpc) is 3.64. The third-order valence-electron chi connectivity index (χ3n) is 6.17. The molecule has 7 aromatic rings. The summed E-state index contributed by atoms with van der Waals surface area (Å²) >= 11 is 1.15. The molecule has 34 heavy (non-hydrogen) atoms. The summed E-state index contributed by atoms with van der Waals surface area (Å²) in [7, 11) is 0. The van der Waals surface area contributed by atoms with E-state index in [1.54, 1.807) is 10.9 Å². The standard InChI is InChI=1S/C25H16N6O2S/c32-24-22(16-11-26-17-4-2-1-3-15(16)17)23(13-5-7-19-21(9-13)30-34-29-19)31(25(24)33)14-6-8-18-20(10-14)28-12-27-18/h1-12,26,32-33H,(H,27,28). The van der Waals surface area contributed by atoms with Crippen LogP contribution in [0.2, 0.25) is 0 Å². The van der Waals surface area contributed by atoms with Crippen molar-refractivity contribution in [2.45, 2.75) is 0 Å². The zero-order chi connectivity index (χ0) is 22.8. The normalized spacial score (nSPS) is 11.8. The average molecular weight is 465 g/mol. The lowest BCUT2D eigenvalue weighted by atomic mass is 9.99. The second-order valence-corrected chi connectivity index (χ2v) is 8.58. The first-order valence-electron chi connectivity index (χ1n) is 10.6. The number of imidazole rings is 1. The smallest absolute Gasteiger partial charge is 0.240 e. The van der Waals surface area contributed by atoms with Crippen LogP contribution in [0.5, 0.6) is 11.6 Å². The van der Waals surface area contributed by atoms with Crippen LogP contribution >= 0.6 is 11.7 Å². The van der Waals surface area contributed by atoms with Gasteiger partial charge in [-0.3, -0.25) is 4.57 Å². The fourth-order valence-electron chi connectivity index (χ4n) is 4.60. The molecule has 0 radical (unpaired) electrons. The van der Waals surface area contributed by atoms with Crippen LogP contribution < -0.4 is 0 Å². The molecule has 164 valence electrons. The molecule has 7 rings (SSSR count). The number of nitrogens with one attached hydrogen (secondary N) is 2. The highest BCUT2D eigenvalue weighted by Crippen LogP contribution is 2.50. The third kappa shape index (κ3) is 2.61. The molecule has 0 bridgehead atoms. The molecular formula is C25H16N6O2S. The maximum atomic E-state index is 11.3. The monoisotopic (exact) mass is 464 g/mol. The van der Waals surface area contributed by atoms with Crippen molar-refractivity contribution in [1.29, 1.82) is 0 Å². The van der Waals surface area contributed by atoms with E-state index < -0.39 is 0 Å². The number of para-hydroxylation sites is 1. The fourth-order valence-corrected chi connectivity index (χ4v) is 5.12. The Bertz CT molecular complexity index is 1860. The van der Waals surface area contributed by atoms with E-state index in [-0.39, 0.29) is 11.6 Å². The fraction of sp³-hybridized carbons (Fsp3) is 0. The van der Waals surface area contributed by atoms with E-state index in [2.05, 4.69) is 23.7 Å². The molecule has 0 aliphatic carbocycles. The van der Waals surface area contributed by atoms with Crippen molar-refractivity contribution in [2.75, 3.05) is 0 Å². The molecule has 0 saturated heterocycles. The number of nitrogens with zero attached hydrogens (tertiary/aromatic N) is 4. The Morgan fingerprint density at radius 1 is 0.824 bits per heavy atom. The van der Waals surface area contributed by atoms with Gasteiger partial charge in [0.1, 0.15) is 11.0 Å². The van der Waals surface area contributed by atoms with Crippen LogP contribution in [-0.2, 0) is 0 Å². The maximum Gasteiger partial charge on any atom is 0.240 e. The molecule has 9 heteroatoms. The molecule has 8 nitrogen and oxygen atoms in total. The third-order valence-corrected chi connectivity index (χ3v) is 6.73. The number of hydrogen-bond donors (Lipinski definition) is 4. The molecule has 0 saturated carbocycles. The van der Waals surface area contributed by atoms with E-state index in [9.17, 15) is 10.2 Å². The van der Waals surface area contributed by atoms with Gasteiger partial charge in [0, 0.05) is 28.2 Å². The number of aromatic hydroxyl groups is 2. The lowest BCUT2D eigenvalue weighted by Crippen LogP contribution is -1.97. The van der Waals surface area contributed by atoms with E-state index in [1.165, 1.54) is 0 Å². The largest absolute Gasteiger partial charge is 0.503 e. The molecule has 3 aromatic carbocycles. The van der Waals surface area contributed by atoms with Crippen LogP contribution in [0.1, 0.15) is 0 Å². The Balaban J connectivity index is 1.59. The highest BCUT2D eigenvalue weighted by molar-refractivity contribution is 7.00. The van der Waals surface area contributed by atoms with Crippen molar-refractivity contribution < 1.29 is 10.2 Å². The predicted octanol–water partition coefficient (Wildman–Crippen LogP) is 5.58. The molecule has 0 aliphatic heterocycles. The van der Waals surface area contributed by atoms with Crippen molar-refractivity contribution in [3.05, 3.63) is 73.2 Å². The van der Waals surface area contributed by atoms with Gasteiger partial charge in [-0.25, -0.2) is 4.98 Å². The minimum absolute atomic E-state index is 0.194. The van der Waals surface area contributed by atoms with Gasteiger partial charge in [0.15, 0.2) is 5.75 Å². The summed E-state index contributed by atoms with van der Waals surface area (Å²) in [6.45, 7) is 0. The van der Waals surface area contributed by atoms with Crippen molar-refractivity contribution in [3.8, 4) is 39.7 Å². The minimum atomic E-state index is -0.245. The summed E-state index contributed by atoms with van der Waals surface area (Å²) in [6.07, 6.45) is 3.48. The molecule has 0 amide bonds. The van der Waals surface area contributed by atoms with Gasteiger partial charge in [-0.2, -0.15) is 8.75 Å². The number of aromatic amines is 2. The minimum Gasteiger partial charge on any atom is -0.503 e. The lowest BCUT2D eigenvalue weighted by molar-refractivity contribution is 0.388. The summed E-state index contributed by atoms with van der Waals surface area (Å²) in [5.41, 5.74) is 7.57. The van der Waals surface area contributed by atoms with Crippen LogP contribution in [0.15, 0.2) is 73.2 Å². The van der Waals surface area contributed by atoms with E-state index >= 15 is 0 Å². The van der Waals surface area contributed by atoms with Crippen molar-refractivity contribution in [2.24, 2.45) is 0 Å². The van der Waals surface area contributed by atoms with Crippen LogP contribution in [0.25, 0.3) is 61.0 Å². The lowest BCUT2D eigenvalue weighted by Gasteiger charge is -2.12. The molecule has 4 N–H and O–H groups in total. The SMILES string of the molecule is Oc1c(-c2c[nH]c3ccccc23)c(-c2ccc3nsnc3c2)n(-c2ccc3nc[nH]c3c2)c1O. The predicted molar refractivity (Wildman–Crippen MR) is 132 cm³/mol. The van der Waals surface area contributed by atoms with Crippen molar-refractivity contribution in [1.82, 2.24) is 28.3 Å². The Labute approximate surface area is 196 Å². The first-order chi connectivity index (χ1) is 16.7. The number of hydrogen-bond acceptors (Lipinski definition) is 6. The van der Waals surface area contributed by atoms with Gasteiger partial charge in [0.05, 0.1) is 46.0 Å². The van der Waals surface area contributed by atoms with Gasteiger partial charge < -0.3 is 20.2 Å². The highest BCUT2D eigenvalue weighted by Gasteiger charge is 2.28. The van der Waals surface area contributed by atoms with E-state index in [0.717, 1.165) is 55.8 Å². The number of fused-ring (bicyclic) bond motifs is 3. The summed E-state index contributed by atoms with van der Waals surface area (Å²) in [5.74, 6) is -0.438. The summed E-state index contributed by atoms with van der Waals surface area (Å²) in [4.78, 5) is 10.7. The van der Waals surface area contributed by atoms with Crippen molar-refractivity contribution in [3.63, 3.8) is 0 Å². The summed E-state index contributed by atoms with van der Waals surface area (Å²) in [5, 5.41) is 23.4. The van der Waals surface area contributed by atoms with Crippen LogP contribution in [0.3, 0.4) is 0 Å². The first kappa shape index (κ1) is 18.9. The van der Waals surface area contributed by atoms with Crippen LogP contribution in [0, 0.1) is 0 Å². The molecule has 0 spiro atoms. The molecule has 4 aromatic heterocycles. The maximum absolute atomic E-state index is 11.3. The number of rotatable bonds is 3. The Morgan fingerprint density at radius 2 is 1.68 bits per heavy atom. The summed E-state index contributed by atoms with van der Waals surface area (Å²) < 4.78 is 10.4. The van der Waals surface area contributed by atoms with E-state index in [0.29, 0.717) is 16.9 Å². The molecular weight excluding hydrogens is 448 g/mol. The van der Waals surface area contributed by atoms with Gasteiger partial charge in [-0.05, 0) is 36.4 Å². The quantitative estimate of drug-likeness (QED) is 0.272.